The lowest BCUT2D eigenvalue weighted by molar-refractivity contribution is 0.0984. The Hall–Kier alpha value is -3.48. The number of hydrogen-bond acceptors (Lipinski definition) is 6. The second-order valence-corrected chi connectivity index (χ2v) is 10.4. The van der Waals surface area contributed by atoms with Gasteiger partial charge in [0.05, 0.1) is 22.8 Å². The third kappa shape index (κ3) is 8.01. The lowest BCUT2D eigenvalue weighted by Gasteiger charge is -2.38. The molecule has 38 heavy (non-hydrogen) atoms. The van der Waals surface area contributed by atoms with Gasteiger partial charge in [0, 0.05) is 64.1 Å². The number of nitrogens with zero attached hydrogens (tertiary/aromatic N) is 6. The molecule has 0 aromatic carbocycles. The maximum Gasteiger partial charge on any atom is 0.0544 e. The Morgan fingerprint density at radius 1 is 0.474 bits per heavy atom. The molecule has 5 rings (SSSR count). The Kier molecular flexibility index (Phi) is 9.55. The molecule has 1 aliphatic rings. The van der Waals surface area contributed by atoms with Crippen LogP contribution in [0, 0.1) is 11.8 Å². The Bertz CT molecular complexity index is 1010. The highest BCUT2D eigenvalue weighted by Gasteiger charge is 2.29. The molecule has 1 aliphatic carbocycles. The second kappa shape index (κ2) is 13.9. The highest BCUT2D eigenvalue weighted by molar-refractivity contribution is 5.08. The van der Waals surface area contributed by atoms with Crippen molar-refractivity contribution in [3.8, 4) is 0 Å². The predicted octanol–water partition coefficient (Wildman–Crippen LogP) is 5.78. The van der Waals surface area contributed by atoms with Gasteiger partial charge in [-0.3, -0.25) is 29.7 Å². The Balaban J connectivity index is 1.32. The molecule has 2 unspecified atom stereocenters. The molecule has 4 heterocycles. The van der Waals surface area contributed by atoms with Crippen LogP contribution in [0.25, 0.3) is 0 Å². The van der Waals surface area contributed by atoms with Crippen LogP contribution < -0.4 is 0 Å². The summed E-state index contributed by atoms with van der Waals surface area (Å²) in [6.45, 7) is 5.47. The fourth-order valence-electron chi connectivity index (χ4n) is 5.68. The summed E-state index contributed by atoms with van der Waals surface area (Å²) in [5.74, 6) is 1.26. The minimum absolute atomic E-state index is 0.631. The summed E-state index contributed by atoms with van der Waals surface area (Å²) in [6, 6.07) is 24.8. The summed E-state index contributed by atoms with van der Waals surface area (Å²) in [6.07, 6.45) is 12.7. The van der Waals surface area contributed by atoms with E-state index in [-0.39, 0.29) is 0 Å². The standard InChI is InChI=1S/C32H38N6/c1-2-12-28(22-38(25-31-15-5-9-19-35-31)26-32-16-6-10-20-36-32)27(11-1)21-37(23-29-13-3-7-17-33-29)24-30-14-4-8-18-34-30/h3-10,13-20,27-28H,1-2,11-12,21-26H2. The highest BCUT2D eigenvalue weighted by Crippen LogP contribution is 2.32. The van der Waals surface area contributed by atoms with Crippen LogP contribution in [0.5, 0.6) is 0 Å². The third-order valence-electron chi connectivity index (χ3n) is 7.50. The summed E-state index contributed by atoms with van der Waals surface area (Å²) >= 11 is 0. The van der Waals surface area contributed by atoms with E-state index in [1.54, 1.807) is 0 Å². The lowest BCUT2D eigenvalue weighted by Crippen LogP contribution is -2.39. The molecular weight excluding hydrogens is 468 g/mol. The van der Waals surface area contributed by atoms with E-state index in [9.17, 15) is 0 Å². The van der Waals surface area contributed by atoms with Crippen LogP contribution in [0.4, 0.5) is 0 Å². The first-order valence-electron chi connectivity index (χ1n) is 13.9. The van der Waals surface area contributed by atoms with E-state index >= 15 is 0 Å². The Labute approximate surface area is 226 Å². The van der Waals surface area contributed by atoms with E-state index in [0.29, 0.717) is 11.8 Å². The zero-order valence-electron chi connectivity index (χ0n) is 22.1. The van der Waals surface area contributed by atoms with Crippen molar-refractivity contribution in [2.75, 3.05) is 13.1 Å². The van der Waals surface area contributed by atoms with Crippen LogP contribution >= 0.6 is 0 Å². The van der Waals surface area contributed by atoms with Crippen LogP contribution in [-0.4, -0.2) is 42.8 Å². The van der Waals surface area contributed by atoms with Gasteiger partial charge in [-0.25, -0.2) is 0 Å². The van der Waals surface area contributed by atoms with Gasteiger partial charge < -0.3 is 0 Å². The zero-order chi connectivity index (χ0) is 25.8. The number of hydrogen-bond donors (Lipinski definition) is 0. The maximum atomic E-state index is 4.63. The van der Waals surface area contributed by atoms with E-state index in [0.717, 1.165) is 62.0 Å². The fraction of sp³-hybridized carbons (Fsp3) is 0.375. The minimum atomic E-state index is 0.631. The van der Waals surface area contributed by atoms with Crippen molar-refractivity contribution >= 4 is 0 Å². The molecule has 4 aromatic rings. The summed E-state index contributed by atoms with van der Waals surface area (Å²) in [5.41, 5.74) is 4.45. The molecule has 2 atom stereocenters. The molecule has 0 radical (unpaired) electrons. The number of rotatable bonds is 12. The second-order valence-electron chi connectivity index (χ2n) is 10.4. The van der Waals surface area contributed by atoms with Gasteiger partial charge in [0.25, 0.3) is 0 Å². The van der Waals surface area contributed by atoms with E-state index < -0.39 is 0 Å². The predicted molar refractivity (Wildman–Crippen MR) is 151 cm³/mol. The summed E-state index contributed by atoms with van der Waals surface area (Å²) in [5, 5.41) is 0. The topological polar surface area (TPSA) is 58.0 Å². The molecule has 1 saturated carbocycles. The van der Waals surface area contributed by atoms with Gasteiger partial charge in [-0.05, 0) is 73.2 Å². The van der Waals surface area contributed by atoms with Gasteiger partial charge in [-0.1, -0.05) is 37.1 Å². The van der Waals surface area contributed by atoms with Gasteiger partial charge >= 0.3 is 0 Å². The number of aromatic nitrogens is 4. The molecule has 0 spiro atoms. The monoisotopic (exact) mass is 506 g/mol. The molecule has 0 bridgehead atoms. The van der Waals surface area contributed by atoms with Crippen LogP contribution in [-0.2, 0) is 26.2 Å². The smallest absolute Gasteiger partial charge is 0.0544 e. The highest BCUT2D eigenvalue weighted by atomic mass is 15.2. The lowest BCUT2D eigenvalue weighted by atomic mass is 9.78. The quantitative estimate of drug-likeness (QED) is 0.243. The SMILES string of the molecule is c1ccc(CN(Cc2ccccn2)CC2CCCCC2CN(Cc2ccccn2)Cc2ccccn2)nc1. The van der Waals surface area contributed by atoms with Crippen molar-refractivity contribution in [1.29, 1.82) is 0 Å². The van der Waals surface area contributed by atoms with Crippen LogP contribution in [0.2, 0.25) is 0 Å². The minimum Gasteiger partial charge on any atom is -0.291 e. The maximum absolute atomic E-state index is 4.63. The molecule has 6 nitrogen and oxygen atoms in total. The first kappa shape index (κ1) is 26.1. The average molecular weight is 507 g/mol. The molecule has 0 N–H and O–H groups in total. The molecule has 196 valence electrons. The molecular formula is C32H38N6. The van der Waals surface area contributed by atoms with Gasteiger partial charge in [0.2, 0.25) is 0 Å². The van der Waals surface area contributed by atoms with Crippen LogP contribution in [0.1, 0.15) is 48.5 Å². The van der Waals surface area contributed by atoms with Gasteiger partial charge in [0.15, 0.2) is 0 Å². The fourth-order valence-corrected chi connectivity index (χ4v) is 5.68. The normalized spacial score (nSPS) is 17.6. The Morgan fingerprint density at radius 3 is 1.05 bits per heavy atom. The van der Waals surface area contributed by atoms with E-state index in [4.69, 9.17) is 0 Å². The average Bonchev–Trinajstić information content (AvgIpc) is 2.96. The summed E-state index contributed by atoms with van der Waals surface area (Å²) in [7, 11) is 0. The van der Waals surface area contributed by atoms with Gasteiger partial charge in [-0.2, -0.15) is 0 Å². The molecule has 0 aliphatic heterocycles. The van der Waals surface area contributed by atoms with Crippen molar-refractivity contribution in [1.82, 2.24) is 29.7 Å². The molecule has 1 fully saturated rings. The van der Waals surface area contributed by atoms with E-state index in [1.165, 1.54) is 25.7 Å². The van der Waals surface area contributed by atoms with Crippen molar-refractivity contribution in [2.24, 2.45) is 11.8 Å². The summed E-state index contributed by atoms with van der Waals surface area (Å²) < 4.78 is 0. The van der Waals surface area contributed by atoms with E-state index in [1.807, 2.05) is 49.1 Å². The third-order valence-corrected chi connectivity index (χ3v) is 7.50. The first-order valence-corrected chi connectivity index (χ1v) is 13.9. The number of pyridine rings is 4. The van der Waals surface area contributed by atoms with Gasteiger partial charge in [0.1, 0.15) is 0 Å². The Morgan fingerprint density at radius 2 is 0.789 bits per heavy atom. The van der Waals surface area contributed by atoms with Crippen molar-refractivity contribution < 1.29 is 0 Å². The molecule has 4 aromatic heterocycles. The van der Waals surface area contributed by atoms with E-state index in [2.05, 4.69) is 78.3 Å². The van der Waals surface area contributed by atoms with Crippen LogP contribution in [0.15, 0.2) is 97.6 Å². The molecule has 6 heteroatoms. The first-order chi connectivity index (χ1) is 18.8. The van der Waals surface area contributed by atoms with Crippen molar-refractivity contribution in [3.63, 3.8) is 0 Å². The van der Waals surface area contributed by atoms with Crippen LogP contribution in [0.3, 0.4) is 0 Å². The molecule has 0 saturated heterocycles. The zero-order valence-corrected chi connectivity index (χ0v) is 22.1. The summed E-state index contributed by atoms with van der Waals surface area (Å²) in [4.78, 5) is 23.6. The largest absolute Gasteiger partial charge is 0.291 e. The van der Waals surface area contributed by atoms with Crippen molar-refractivity contribution in [2.45, 2.75) is 51.9 Å². The molecule has 0 amide bonds. The van der Waals surface area contributed by atoms with Crippen molar-refractivity contribution in [3.05, 3.63) is 120 Å². The van der Waals surface area contributed by atoms with Gasteiger partial charge in [-0.15, -0.1) is 0 Å².